The number of nitrogens with zero attached hydrogens (tertiary/aromatic N) is 1. The number of carbonyl (C=O) groups excluding carboxylic acids is 4. The van der Waals surface area contributed by atoms with Gasteiger partial charge in [-0.3, -0.25) is 19.2 Å². The third-order valence-corrected chi connectivity index (χ3v) is 5.60. The number of aromatic amines is 1. The first-order valence-electron chi connectivity index (χ1n) is 10.8. The number of aromatic nitrogens is 2. The molecule has 1 aromatic heterocycles. The molecule has 1 heterocycles. The van der Waals surface area contributed by atoms with E-state index in [4.69, 9.17) is 11.5 Å². The van der Waals surface area contributed by atoms with Crippen molar-refractivity contribution in [3.05, 3.63) is 18.2 Å². The van der Waals surface area contributed by atoms with E-state index in [9.17, 15) is 29.1 Å². The highest BCUT2D eigenvalue weighted by Gasteiger charge is 2.31. The Labute approximate surface area is 202 Å². The van der Waals surface area contributed by atoms with Gasteiger partial charge in [0, 0.05) is 30.5 Å². The number of hydrogen-bond donors (Lipinski definition) is 8. The Hall–Kier alpha value is -3.13. The average molecular weight is 500 g/mol. The molecule has 0 saturated heterocycles. The number of imidazole rings is 1. The molecule has 0 aliphatic carbocycles. The zero-order valence-corrected chi connectivity index (χ0v) is 20.0. The number of carboxylic acid groups (broad SMARTS) is 1. The van der Waals surface area contributed by atoms with Gasteiger partial charge in [-0.1, -0.05) is 20.3 Å². The molecule has 0 fully saturated rings. The Morgan fingerprint density at radius 1 is 1.12 bits per heavy atom. The van der Waals surface area contributed by atoms with Gasteiger partial charge in [0.15, 0.2) is 0 Å². The van der Waals surface area contributed by atoms with Crippen LogP contribution in [0.4, 0.5) is 0 Å². The standard InChI is InChI=1S/C20H33N7O6S/c1-3-10(2)16(20(32)33)27-19(31)14(8-34)26-18(30)13(4-5-15(22)28)25-17(29)12(21)6-11-7-23-9-24-11/h7,9-10,12-14,16,34H,3-6,8,21H2,1-2H3,(H2,22,28)(H,23,24)(H,25,29)(H,26,30)(H,27,31)(H,32,33). The van der Waals surface area contributed by atoms with Crippen molar-refractivity contribution in [2.24, 2.45) is 17.4 Å². The first-order valence-corrected chi connectivity index (χ1v) is 11.4. The SMILES string of the molecule is CCC(C)C(NC(=O)C(CS)NC(=O)C(CCC(N)=O)NC(=O)C(N)Cc1cnc[nH]1)C(=O)O. The maximum atomic E-state index is 12.8. The lowest BCUT2D eigenvalue weighted by atomic mass is 9.99. The van der Waals surface area contributed by atoms with Crippen LogP contribution in [0.1, 0.15) is 38.8 Å². The Kier molecular flexibility index (Phi) is 12.1. The van der Waals surface area contributed by atoms with Gasteiger partial charge < -0.3 is 37.5 Å². The molecular formula is C20H33N7O6S. The van der Waals surface area contributed by atoms with Crippen molar-refractivity contribution in [2.45, 2.75) is 63.7 Å². The van der Waals surface area contributed by atoms with E-state index in [0.717, 1.165) is 0 Å². The lowest BCUT2D eigenvalue weighted by molar-refractivity contribution is -0.143. The highest BCUT2D eigenvalue weighted by molar-refractivity contribution is 7.80. The van der Waals surface area contributed by atoms with Crippen molar-refractivity contribution in [2.75, 3.05) is 5.75 Å². The molecule has 0 radical (unpaired) electrons. The molecule has 5 unspecified atom stereocenters. The summed E-state index contributed by atoms with van der Waals surface area (Å²) in [6.45, 7) is 3.46. The summed E-state index contributed by atoms with van der Waals surface area (Å²) in [6.07, 6.45) is 3.24. The molecule has 0 aliphatic rings. The Bertz CT molecular complexity index is 850. The maximum Gasteiger partial charge on any atom is 0.326 e. The van der Waals surface area contributed by atoms with Crippen LogP contribution in [-0.4, -0.2) is 74.6 Å². The topological polar surface area (TPSA) is 222 Å². The summed E-state index contributed by atoms with van der Waals surface area (Å²) in [7, 11) is 0. The third kappa shape index (κ3) is 9.39. The summed E-state index contributed by atoms with van der Waals surface area (Å²) in [6, 6.07) is -4.57. The summed E-state index contributed by atoms with van der Waals surface area (Å²) in [5.41, 5.74) is 11.7. The van der Waals surface area contributed by atoms with Crippen molar-refractivity contribution in [3.8, 4) is 0 Å². The number of aliphatic carboxylic acids is 1. The molecular weight excluding hydrogens is 466 g/mol. The van der Waals surface area contributed by atoms with Crippen LogP contribution in [0.25, 0.3) is 0 Å². The fourth-order valence-electron chi connectivity index (χ4n) is 2.96. The number of carboxylic acids is 1. The summed E-state index contributed by atoms with van der Waals surface area (Å²) in [5, 5.41) is 16.7. The first kappa shape index (κ1) is 28.9. The second-order valence-electron chi connectivity index (χ2n) is 7.91. The molecule has 0 aromatic carbocycles. The lowest BCUT2D eigenvalue weighted by Gasteiger charge is -2.25. The molecule has 13 nitrogen and oxygen atoms in total. The van der Waals surface area contributed by atoms with Gasteiger partial charge in [-0.2, -0.15) is 12.6 Å². The van der Waals surface area contributed by atoms with Gasteiger partial charge in [-0.05, 0) is 12.3 Å². The average Bonchev–Trinajstić information content (AvgIpc) is 3.29. The molecule has 0 spiro atoms. The number of amides is 4. The van der Waals surface area contributed by atoms with Gasteiger partial charge in [-0.25, -0.2) is 9.78 Å². The van der Waals surface area contributed by atoms with Gasteiger partial charge >= 0.3 is 5.97 Å². The minimum Gasteiger partial charge on any atom is -0.480 e. The first-order chi connectivity index (χ1) is 16.0. The van der Waals surface area contributed by atoms with Gasteiger partial charge in [-0.15, -0.1) is 0 Å². The lowest BCUT2D eigenvalue weighted by Crippen LogP contribution is -2.58. The van der Waals surface area contributed by atoms with Gasteiger partial charge in [0.1, 0.15) is 18.1 Å². The molecule has 4 amide bonds. The predicted octanol–water partition coefficient (Wildman–Crippen LogP) is -1.94. The normalized spacial score (nSPS) is 15.3. The summed E-state index contributed by atoms with van der Waals surface area (Å²) >= 11 is 4.07. The van der Waals surface area contributed by atoms with E-state index in [1.165, 1.54) is 12.5 Å². The number of nitrogens with one attached hydrogen (secondary N) is 4. The van der Waals surface area contributed by atoms with Crippen LogP contribution < -0.4 is 27.4 Å². The molecule has 34 heavy (non-hydrogen) atoms. The second kappa shape index (κ2) is 14.2. The number of thiol groups is 1. The van der Waals surface area contributed by atoms with E-state index in [2.05, 4.69) is 38.5 Å². The maximum absolute atomic E-state index is 12.8. The van der Waals surface area contributed by atoms with Crippen molar-refractivity contribution in [3.63, 3.8) is 0 Å². The number of carbonyl (C=O) groups is 5. The predicted molar refractivity (Wildman–Crippen MR) is 125 cm³/mol. The number of hydrogen-bond acceptors (Lipinski definition) is 8. The molecule has 1 aromatic rings. The smallest absolute Gasteiger partial charge is 0.326 e. The largest absolute Gasteiger partial charge is 0.480 e. The highest BCUT2D eigenvalue weighted by atomic mass is 32.1. The van der Waals surface area contributed by atoms with Crippen LogP contribution >= 0.6 is 12.6 Å². The van der Waals surface area contributed by atoms with Crippen molar-refractivity contribution < 1.29 is 29.1 Å². The van der Waals surface area contributed by atoms with E-state index in [0.29, 0.717) is 12.1 Å². The second-order valence-corrected chi connectivity index (χ2v) is 8.27. The van der Waals surface area contributed by atoms with E-state index in [-0.39, 0.29) is 30.9 Å². The monoisotopic (exact) mass is 499 g/mol. The molecule has 14 heteroatoms. The fourth-order valence-corrected chi connectivity index (χ4v) is 3.22. The van der Waals surface area contributed by atoms with E-state index < -0.39 is 53.8 Å². The number of nitrogens with two attached hydrogens (primary N) is 2. The Morgan fingerprint density at radius 2 is 1.74 bits per heavy atom. The molecule has 9 N–H and O–H groups in total. The van der Waals surface area contributed by atoms with Crippen molar-refractivity contribution in [1.82, 2.24) is 25.9 Å². The minimum atomic E-state index is -1.21. The van der Waals surface area contributed by atoms with Crippen LogP contribution in [0, 0.1) is 5.92 Å². The molecule has 0 aliphatic heterocycles. The van der Waals surface area contributed by atoms with E-state index >= 15 is 0 Å². The van der Waals surface area contributed by atoms with Crippen LogP contribution in [0.15, 0.2) is 12.5 Å². The van der Waals surface area contributed by atoms with Crippen LogP contribution in [-0.2, 0) is 30.4 Å². The minimum absolute atomic E-state index is 0.129. The zero-order chi connectivity index (χ0) is 25.8. The van der Waals surface area contributed by atoms with E-state index in [1.807, 2.05) is 0 Å². The van der Waals surface area contributed by atoms with Gasteiger partial charge in [0.2, 0.25) is 23.6 Å². The van der Waals surface area contributed by atoms with E-state index in [1.54, 1.807) is 13.8 Å². The molecule has 1 rings (SSSR count). The Balaban J connectivity index is 2.87. The van der Waals surface area contributed by atoms with Crippen LogP contribution in [0.3, 0.4) is 0 Å². The van der Waals surface area contributed by atoms with Gasteiger partial charge in [0.25, 0.3) is 0 Å². The third-order valence-electron chi connectivity index (χ3n) is 5.24. The van der Waals surface area contributed by atoms with Crippen molar-refractivity contribution in [1.29, 1.82) is 0 Å². The number of primary amides is 1. The molecule has 0 bridgehead atoms. The molecule has 0 saturated carbocycles. The number of H-pyrrole nitrogens is 1. The van der Waals surface area contributed by atoms with Crippen LogP contribution in [0.2, 0.25) is 0 Å². The summed E-state index contributed by atoms with van der Waals surface area (Å²) in [5.74, 6) is -4.55. The Morgan fingerprint density at radius 3 is 2.24 bits per heavy atom. The molecule has 190 valence electrons. The quantitative estimate of drug-likeness (QED) is 0.126. The van der Waals surface area contributed by atoms with Crippen molar-refractivity contribution >= 4 is 42.2 Å². The zero-order valence-electron chi connectivity index (χ0n) is 19.1. The summed E-state index contributed by atoms with van der Waals surface area (Å²) < 4.78 is 0. The molecule has 5 atom stereocenters. The highest BCUT2D eigenvalue weighted by Crippen LogP contribution is 2.09. The fraction of sp³-hybridized carbons (Fsp3) is 0.600. The number of rotatable bonds is 15. The van der Waals surface area contributed by atoms with Crippen LogP contribution in [0.5, 0.6) is 0 Å². The summed E-state index contributed by atoms with van der Waals surface area (Å²) in [4.78, 5) is 67.4. The van der Waals surface area contributed by atoms with Gasteiger partial charge in [0.05, 0.1) is 12.4 Å².